The Morgan fingerprint density at radius 1 is 1.38 bits per heavy atom. The molecule has 0 aliphatic heterocycles. The highest BCUT2D eigenvalue weighted by molar-refractivity contribution is 6.31. The zero-order chi connectivity index (χ0) is 15.4. The third kappa shape index (κ3) is 2.05. The van der Waals surface area contributed by atoms with E-state index >= 15 is 0 Å². The number of rotatable bonds is 2. The lowest BCUT2D eigenvalue weighted by Gasteiger charge is -2.38. The smallest absolute Gasteiger partial charge is 0.342 e. The Hall–Kier alpha value is -1.22. The van der Waals surface area contributed by atoms with Crippen molar-refractivity contribution in [3.8, 4) is 5.75 Å². The number of carbonyl (C=O) groups is 1. The fourth-order valence-electron chi connectivity index (χ4n) is 4.17. The van der Waals surface area contributed by atoms with E-state index in [1.54, 1.807) is 6.07 Å². The molecule has 0 aromatic heterocycles. The predicted molar refractivity (Wildman–Crippen MR) is 81.5 cm³/mol. The van der Waals surface area contributed by atoms with Gasteiger partial charge in [-0.1, -0.05) is 32.4 Å². The molecule has 3 atom stereocenters. The van der Waals surface area contributed by atoms with Crippen molar-refractivity contribution in [1.82, 2.24) is 0 Å². The van der Waals surface area contributed by atoms with Crippen LogP contribution in [-0.4, -0.2) is 17.2 Å². The van der Waals surface area contributed by atoms with Crippen LogP contribution in [-0.2, 0) is 4.74 Å². The summed E-state index contributed by atoms with van der Waals surface area (Å²) in [7, 11) is 0. The van der Waals surface area contributed by atoms with Crippen LogP contribution in [0.15, 0.2) is 18.2 Å². The summed E-state index contributed by atoms with van der Waals surface area (Å²) < 4.78 is 5.75. The van der Waals surface area contributed by atoms with Gasteiger partial charge in [0.2, 0.25) is 0 Å². The molecule has 4 heteroatoms. The molecule has 0 heterocycles. The Morgan fingerprint density at radius 2 is 2.10 bits per heavy atom. The number of carbonyl (C=O) groups excluding carboxylic acids is 1. The van der Waals surface area contributed by atoms with E-state index in [-0.39, 0.29) is 28.2 Å². The summed E-state index contributed by atoms with van der Waals surface area (Å²) in [6, 6.07) is 4.43. The Bertz CT molecular complexity index is 596. The predicted octanol–water partition coefficient (Wildman–Crippen LogP) is 4.42. The summed E-state index contributed by atoms with van der Waals surface area (Å²) in [4.78, 5) is 12.4. The molecule has 2 fully saturated rings. The average Bonchev–Trinajstić information content (AvgIpc) is 2.74. The van der Waals surface area contributed by atoms with Crippen LogP contribution < -0.4 is 0 Å². The van der Waals surface area contributed by atoms with E-state index in [0.29, 0.717) is 10.9 Å². The van der Waals surface area contributed by atoms with Crippen molar-refractivity contribution >= 4 is 17.6 Å². The fraction of sp³-hybridized carbons (Fsp3) is 0.588. The lowest BCUT2D eigenvalue weighted by Crippen LogP contribution is -2.38. The molecule has 2 aliphatic rings. The van der Waals surface area contributed by atoms with Gasteiger partial charge in [0.25, 0.3) is 0 Å². The first kappa shape index (κ1) is 14.7. The molecule has 3 rings (SSSR count). The summed E-state index contributed by atoms with van der Waals surface area (Å²) in [6.07, 6.45) is 3.12. The van der Waals surface area contributed by atoms with Crippen LogP contribution in [0.1, 0.15) is 50.4 Å². The normalized spacial score (nSPS) is 33.1. The van der Waals surface area contributed by atoms with E-state index in [1.165, 1.54) is 18.6 Å². The number of esters is 1. The van der Waals surface area contributed by atoms with Crippen LogP contribution >= 0.6 is 11.6 Å². The van der Waals surface area contributed by atoms with E-state index in [4.69, 9.17) is 16.3 Å². The molecular weight excluding hydrogens is 288 g/mol. The van der Waals surface area contributed by atoms with Crippen LogP contribution in [0.2, 0.25) is 5.02 Å². The molecule has 1 aromatic carbocycles. The summed E-state index contributed by atoms with van der Waals surface area (Å²) >= 11 is 5.89. The Morgan fingerprint density at radius 3 is 2.67 bits per heavy atom. The molecule has 2 aliphatic carbocycles. The van der Waals surface area contributed by atoms with Gasteiger partial charge in [-0.15, -0.1) is 0 Å². The molecular formula is C17H21ClO3. The second-order valence-corrected chi connectivity index (χ2v) is 7.60. The monoisotopic (exact) mass is 308 g/mol. The molecule has 3 unspecified atom stereocenters. The Balaban J connectivity index is 1.82. The average molecular weight is 309 g/mol. The van der Waals surface area contributed by atoms with Crippen LogP contribution in [0, 0.1) is 16.7 Å². The van der Waals surface area contributed by atoms with Crippen molar-refractivity contribution < 1.29 is 14.6 Å². The molecule has 2 saturated carbocycles. The zero-order valence-electron chi connectivity index (χ0n) is 12.6. The Labute approximate surface area is 130 Å². The van der Waals surface area contributed by atoms with Crippen LogP contribution in [0.25, 0.3) is 0 Å². The highest BCUT2D eigenvalue weighted by Gasteiger charge is 2.62. The van der Waals surface area contributed by atoms with Crippen LogP contribution in [0.3, 0.4) is 0 Å². The van der Waals surface area contributed by atoms with Gasteiger partial charge in [-0.05, 0) is 48.8 Å². The van der Waals surface area contributed by atoms with Crippen molar-refractivity contribution in [2.45, 2.75) is 46.1 Å². The molecule has 0 amide bonds. The number of ether oxygens (including phenoxy) is 1. The van der Waals surface area contributed by atoms with Gasteiger partial charge >= 0.3 is 5.97 Å². The lowest BCUT2D eigenvalue weighted by atomic mass is 9.70. The van der Waals surface area contributed by atoms with Crippen LogP contribution in [0.5, 0.6) is 5.75 Å². The number of halogens is 1. The van der Waals surface area contributed by atoms with Crippen molar-refractivity contribution in [1.29, 1.82) is 0 Å². The van der Waals surface area contributed by atoms with Gasteiger partial charge < -0.3 is 9.84 Å². The molecule has 1 N–H and O–H groups in total. The van der Waals surface area contributed by atoms with Crippen molar-refractivity contribution in [2.75, 3.05) is 0 Å². The highest BCUT2D eigenvalue weighted by atomic mass is 35.5. The van der Waals surface area contributed by atoms with E-state index in [1.807, 2.05) is 0 Å². The van der Waals surface area contributed by atoms with E-state index < -0.39 is 5.97 Å². The molecule has 0 saturated heterocycles. The summed E-state index contributed by atoms with van der Waals surface area (Å²) in [5.74, 6) is 0.0369. The molecule has 0 spiro atoms. The number of phenols is 1. The van der Waals surface area contributed by atoms with Gasteiger partial charge in [0, 0.05) is 10.4 Å². The standard InChI is InChI=1S/C17H21ClO3/c1-16(2)10-6-7-17(16,3)14(8-10)21-15(20)12-9-11(18)4-5-13(12)19/h4-5,9-10,14,19H,6-8H2,1-3H3. The second-order valence-electron chi connectivity index (χ2n) is 7.17. The quantitative estimate of drug-likeness (QED) is 0.823. The maximum Gasteiger partial charge on any atom is 0.342 e. The maximum absolute atomic E-state index is 12.4. The van der Waals surface area contributed by atoms with Crippen molar-refractivity contribution in [3.63, 3.8) is 0 Å². The SMILES string of the molecule is CC1(C)C2CCC1(C)C(OC(=O)c1cc(Cl)ccc1O)C2. The summed E-state index contributed by atoms with van der Waals surface area (Å²) in [5.41, 5.74) is 0.349. The van der Waals surface area contributed by atoms with E-state index in [2.05, 4.69) is 20.8 Å². The maximum atomic E-state index is 12.4. The molecule has 2 bridgehead atoms. The van der Waals surface area contributed by atoms with E-state index in [0.717, 1.165) is 12.8 Å². The topological polar surface area (TPSA) is 46.5 Å². The minimum Gasteiger partial charge on any atom is -0.507 e. The Kier molecular flexibility index (Phi) is 3.25. The molecule has 114 valence electrons. The van der Waals surface area contributed by atoms with Crippen molar-refractivity contribution in [2.24, 2.45) is 16.7 Å². The fourth-order valence-corrected chi connectivity index (χ4v) is 4.35. The second kappa shape index (κ2) is 4.64. The first-order valence-electron chi connectivity index (χ1n) is 7.45. The van der Waals surface area contributed by atoms with Gasteiger partial charge in [0.15, 0.2) is 0 Å². The van der Waals surface area contributed by atoms with E-state index in [9.17, 15) is 9.90 Å². The van der Waals surface area contributed by atoms with Gasteiger partial charge in [0.1, 0.15) is 17.4 Å². The zero-order valence-corrected chi connectivity index (χ0v) is 13.4. The van der Waals surface area contributed by atoms with Gasteiger partial charge in [-0.3, -0.25) is 0 Å². The lowest BCUT2D eigenvalue weighted by molar-refractivity contribution is -0.0244. The molecule has 21 heavy (non-hydrogen) atoms. The first-order valence-corrected chi connectivity index (χ1v) is 7.83. The number of hydrogen-bond acceptors (Lipinski definition) is 3. The minimum absolute atomic E-state index is 0.0154. The summed E-state index contributed by atoms with van der Waals surface area (Å²) in [5, 5.41) is 10.2. The number of benzene rings is 1. The highest BCUT2D eigenvalue weighted by Crippen LogP contribution is 2.66. The van der Waals surface area contributed by atoms with Crippen molar-refractivity contribution in [3.05, 3.63) is 28.8 Å². The first-order chi connectivity index (χ1) is 9.75. The van der Waals surface area contributed by atoms with Gasteiger partial charge in [0.05, 0.1) is 0 Å². The molecule has 3 nitrogen and oxygen atoms in total. The van der Waals surface area contributed by atoms with Crippen LogP contribution in [0.4, 0.5) is 0 Å². The minimum atomic E-state index is -0.482. The van der Waals surface area contributed by atoms with Gasteiger partial charge in [-0.2, -0.15) is 0 Å². The third-order valence-corrected chi connectivity index (χ3v) is 6.38. The number of aromatic hydroxyl groups is 1. The largest absolute Gasteiger partial charge is 0.507 e. The third-order valence-electron chi connectivity index (χ3n) is 6.14. The number of hydrogen-bond donors (Lipinski definition) is 1. The molecule has 1 aromatic rings. The molecule has 0 radical (unpaired) electrons. The number of fused-ring (bicyclic) bond motifs is 2. The van der Waals surface area contributed by atoms with Gasteiger partial charge in [-0.25, -0.2) is 4.79 Å². The summed E-state index contributed by atoms with van der Waals surface area (Å²) in [6.45, 7) is 6.76. The number of phenolic OH excluding ortho intramolecular Hbond substituents is 1.